The highest BCUT2D eigenvalue weighted by atomic mass is 35.5. The lowest BCUT2D eigenvalue weighted by molar-refractivity contribution is 1.09. The Kier molecular flexibility index (Phi) is 1.84. The van der Waals surface area contributed by atoms with Crippen molar-refractivity contribution in [3.8, 4) is 11.1 Å². The van der Waals surface area contributed by atoms with Crippen molar-refractivity contribution in [3.63, 3.8) is 0 Å². The predicted molar refractivity (Wildman–Crippen MR) is 49.0 cm³/mol. The molecule has 12 heavy (non-hydrogen) atoms. The lowest BCUT2D eigenvalue weighted by Crippen LogP contribution is -1.72. The van der Waals surface area contributed by atoms with Crippen LogP contribution in [0.3, 0.4) is 0 Å². The molecule has 0 saturated carbocycles. The zero-order chi connectivity index (χ0) is 8.39. The normalized spacial score (nSPS) is 10.1. The zero-order valence-electron chi connectivity index (χ0n) is 6.29. The number of nitrogens with one attached hydrogen (secondary N) is 1. The predicted octanol–water partition coefficient (Wildman–Crippen LogP) is 2.73. The highest BCUT2D eigenvalue weighted by molar-refractivity contribution is 6.32. The SMILES string of the molecule is Clc1n[nH]cc1-c1ccccc1. The maximum Gasteiger partial charge on any atom is 0.158 e. The first-order chi connectivity index (χ1) is 5.88. The molecule has 1 aromatic heterocycles. The van der Waals surface area contributed by atoms with Gasteiger partial charge in [0, 0.05) is 11.8 Å². The number of H-pyrrole nitrogens is 1. The second-order valence-electron chi connectivity index (χ2n) is 2.46. The lowest BCUT2D eigenvalue weighted by Gasteiger charge is -1.94. The van der Waals surface area contributed by atoms with Crippen LogP contribution in [0.25, 0.3) is 11.1 Å². The fraction of sp³-hybridized carbons (Fsp3) is 0. The first-order valence-electron chi connectivity index (χ1n) is 3.62. The Morgan fingerprint density at radius 2 is 1.92 bits per heavy atom. The van der Waals surface area contributed by atoms with Crippen molar-refractivity contribution in [2.75, 3.05) is 0 Å². The van der Waals surface area contributed by atoms with Gasteiger partial charge in [-0.05, 0) is 5.56 Å². The summed E-state index contributed by atoms with van der Waals surface area (Å²) in [5.41, 5.74) is 2.02. The van der Waals surface area contributed by atoms with Gasteiger partial charge in [-0.1, -0.05) is 41.9 Å². The lowest BCUT2D eigenvalue weighted by atomic mass is 10.1. The van der Waals surface area contributed by atoms with Crippen LogP contribution in [-0.4, -0.2) is 10.2 Å². The monoisotopic (exact) mass is 178 g/mol. The van der Waals surface area contributed by atoms with Gasteiger partial charge in [-0.25, -0.2) is 0 Å². The molecular weight excluding hydrogens is 172 g/mol. The van der Waals surface area contributed by atoms with Crippen LogP contribution in [-0.2, 0) is 0 Å². The molecule has 0 amide bonds. The van der Waals surface area contributed by atoms with Crippen molar-refractivity contribution >= 4 is 11.6 Å². The van der Waals surface area contributed by atoms with E-state index in [9.17, 15) is 0 Å². The van der Waals surface area contributed by atoms with Crippen molar-refractivity contribution in [1.29, 1.82) is 0 Å². The number of rotatable bonds is 1. The summed E-state index contributed by atoms with van der Waals surface area (Å²) < 4.78 is 0. The molecule has 0 aliphatic heterocycles. The van der Waals surface area contributed by atoms with Gasteiger partial charge in [0.1, 0.15) is 0 Å². The van der Waals surface area contributed by atoms with E-state index in [0.717, 1.165) is 11.1 Å². The van der Waals surface area contributed by atoms with Gasteiger partial charge in [0.25, 0.3) is 0 Å². The summed E-state index contributed by atoms with van der Waals surface area (Å²) in [4.78, 5) is 0. The molecule has 2 rings (SSSR count). The highest BCUT2D eigenvalue weighted by Gasteiger charge is 2.03. The molecule has 1 N–H and O–H groups in total. The maximum atomic E-state index is 5.83. The first kappa shape index (κ1) is 7.37. The molecule has 0 aliphatic rings. The Morgan fingerprint density at radius 3 is 2.50 bits per heavy atom. The molecule has 0 spiro atoms. The molecule has 1 aromatic carbocycles. The fourth-order valence-electron chi connectivity index (χ4n) is 1.09. The maximum absolute atomic E-state index is 5.83. The minimum Gasteiger partial charge on any atom is -0.284 e. The summed E-state index contributed by atoms with van der Waals surface area (Å²) in [6.07, 6.45) is 1.79. The van der Waals surface area contributed by atoms with E-state index in [2.05, 4.69) is 10.2 Å². The summed E-state index contributed by atoms with van der Waals surface area (Å²) in [5.74, 6) is 0. The molecule has 60 valence electrons. The van der Waals surface area contributed by atoms with E-state index in [1.165, 1.54) is 0 Å². The first-order valence-corrected chi connectivity index (χ1v) is 4.00. The third kappa shape index (κ3) is 1.21. The average Bonchev–Trinajstić information content (AvgIpc) is 2.53. The molecule has 0 bridgehead atoms. The molecule has 0 unspecified atom stereocenters. The molecule has 1 heterocycles. The largest absolute Gasteiger partial charge is 0.284 e. The molecule has 2 aromatic rings. The van der Waals surface area contributed by atoms with E-state index in [1.54, 1.807) is 6.20 Å². The summed E-state index contributed by atoms with van der Waals surface area (Å²) >= 11 is 5.83. The van der Waals surface area contributed by atoms with Crippen LogP contribution in [0.15, 0.2) is 36.5 Å². The third-order valence-electron chi connectivity index (χ3n) is 1.68. The number of aromatic amines is 1. The quantitative estimate of drug-likeness (QED) is 0.715. The second-order valence-corrected chi connectivity index (χ2v) is 2.81. The molecule has 0 atom stereocenters. The second kappa shape index (κ2) is 2.99. The fourth-order valence-corrected chi connectivity index (χ4v) is 1.31. The molecular formula is C9H7ClN2. The number of hydrogen-bond donors (Lipinski definition) is 1. The van der Waals surface area contributed by atoms with Crippen LogP contribution in [0, 0.1) is 0 Å². The van der Waals surface area contributed by atoms with Gasteiger partial charge in [-0.2, -0.15) is 5.10 Å². The van der Waals surface area contributed by atoms with Crippen molar-refractivity contribution in [2.45, 2.75) is 0 Å². The van der Waals surface area contributed by atoms with Gasteiger partial charge in [0.2, 0.25) is 0 Å². The molecule has 3 heteroatoms. The van der Waals surface area contributed by atoms with Crippen molar-refractivity contribution < 1.29 is 0 Å². The number of nitrogens with zero attached hydrogens (tertiary/aromatic N) is 1. The van der Waals surface area contributed by atoms with Crippen LogP contribution < -0.4 is 0 Å². The van der Waals surface area contributed by atoms with Gasteiger partial charge in [0.15, 0.2) is 5.15 Å². The summed E-state index contributed by atoms with van der Waals surface area (Å²) in [5, 5.41) is 7.06. The molecule has 0 fully saturated rings. The number of halogens is 1. The smallest absolute Gasteiger partial charge is 0.158 e. The van der Waals surface area contributed by atoms with Crippen molar-refractivity contribution in [1.82, 2.24) is 10.2 Å². The molecule has 0 radical (unpaired) electrons. The van der Waals surface area contributed by atoms with Crippen LogP contribution in [0.2, 0.25) is 5.15 Å². The Morgan fingerprint density at radius 1 is 1.17 bits per heavy atom. The summed E-state index contributed by atoms with van der Waals surface area (Å²) in [7, 11) is 0. The van der Waals surface area contributed by atoms with Crippen LogP contribution in [0.5, 0.6) is 0 Å². The minimum absolute atomic E-state index is 0.515. The van der Waals surface area contributed by atoms with E-state index in [1.807, 2.05) is 30.3 Å². The van der Waals surface area contributed by atoms with Crippen LogP contribution >= 0.6 is 11.6 Å². The Bertz CT molecular complexity index is 367. The molecule has 0 aliphatic carbocycles. The van der Waals surface area contributed by atoms with Crippen LogP contribution in [0.4, 0.5) is 0 Å². The number of aromatic nitrogens is 2. The van der Waals surface area contributed by atoms with E-state index < -0.39 is 0 Å². The molecule has 2 nitrogen and oxygen atoms in total. The summed E-state index contributed by atoms with van der Waals surface area (Å²) in [6.45, 7) is 0. The average molecular weight is 179 g/mol. The topological polar surface area (TPSA) is 28.7 Å². The number of hydrogen-bond acceptors (Lipinski definition) is 1. The van der Waals surface area contributed by atoms with Gasteiger partial charge in [-0.3, -0.25) is 5.10 Å². The van der Waals surface area contributed by atoms with Gasteiger partial charge in [0.05, 0.1) is 0 Å². The van der Waals surface area contributed by atoms with E-state index in [0.29, 0.717) is 5.15 Å². The third-order valence-corrected chi connectivity index (χ3v) is 1.97. The van der Waals surface area contributed by atoms with Crippen molar-refractivity contribution in [3.05, 3.63) is 41.7 Å². The zero-order valence-corrected chi connectivity index (χ0v) is 7.05. The Balaban J connectivity index is 2.51. The summed E-state index contributed by atoms with van der Waals surface area (Å²) in [6, 6.07) is 9.91. The minimum atomic E-state index is 0.515. The van der Waals surface area contributed by atoms with Crippen molar-refractivity contribution in [2.24, 2.45) is 0 Å². The van der Waals surface area contributed by atoms with Gasteiger partial charge >= 0.3 is 0 Å². The number of benzene rings is 1. The Hall–Kier alpha value is -1.28. The van der Waals surface area contributed by atoms with E-state index >= 15 is 0 Å². The van der Waals surface area contributed by atoms with Gasteiger partial charge < -0.3 is 0 Å². The Labute approximate surface area is 75.2 Å². The van der Waals surface area contributed by atoms with Crippen LogP contribution in [0.1, 0.15) is 0 Å². The van der Waals surface area contributed by atoms with Gasteiger partial charge in [-0.15, -0.1) is 0 Å². The highest BCUT2D eigenvalue weighted by Crippen LogP contribution is 2.24. The molecule has 0 saturated heterocycles. The standard InChI is InChI=1S/C9H7ClN2/c10-9-8(6-11-12-9)7-4-2-1-3-5-7/h1-6H,(H,11,12). The van der Waals surface area contributed by atoms with E-state index in [-0.39, 0.29) is 0 Å². The van der Waals surface area contributed by atoms with E-state index in [4.69, 9.17) is 11.6 Å².